The van der Waals surface area contributed by atoms with Crippen LogP contribution in [0.25, 0.3) is 0 Å². The molecule has 5 heteroatoms. The number of nitrogens with one attached hydrogen (secondary N) is 1. The largest absolute Gasteiger partial charge is 0.416 e. The number of benzene rings is 1. The molecule has 0 aliphatic carbocycles. The third-order valence-corrected chi connectivity index (χ3v) is 2.58. The molecular formula is C14H16F3NO. The Labute approximate surface area is 110 Å². The van der Waals surface area contributed by atoms with E-state index in [0.717, 1.165) is 18.2 Å². The molecule has 0 atom stereocenters. The van der Waals surface area contributed by atoms with Crippen LogP contribution in [0.5, 0.6) is 0 Å². The average molecular weight is 271 g/mol. The molecule has 1 amide bonds. The Morgan fingerprint density at radius 2 is 1.68 bits per heavy atom. The van der Waals surface area contributed by atoms with Crippen LogP contribution in [0.2, 0.25) is 0 Å². The molecule has 1 rings (SSSR count). The summed E-state index contributed by atoms with van der Waals surface area (Å²) in [6.07, 6.45) is -3.44. The standard InChI is InChI=1S/C14H16F3NO/c1-5-12(19)18-11-7-9(13(2,3)4)6-10(8-11)14(15,16)17/h5-8H,1H2,2-4H3,(H,18,19). The molecule has 19 heavy (non-hydrogen) atoms. The fraction of sp³-hybridized carbons (Fsp3) is 0.357. The first-order valence-electron chi connectivity index (χ1n) is 5.70. The summed E-state index contributed by atoms with van der Waals surface area (Å²) < 4.78 is 38.5. The van der Waals surface area contributed by atoms with Crippen molar-refractivity contribution in [2.45, 2.75) is 32.4 Å². The molecule has 0 unspecified atom stereocenters. The molecule has 0 aliphatic heterocycles. The molecule has 1 aromatic carbocycles. The van der Waals surface area contributed by atoms with Crippen LogP contribution < -0.4 is 5.32 Å². The maximum atomic E-state index is 12.8. The fourth-order valence-electron chi connectivity index (χ4n) is 1.49. The normalized spacial score (nSPS) is 12.1. The maximum Gasteiger partial charge on any atom is 0.416 e. The van der Waals surface area contributed by atoms with E-state index in [2.05, 4.69) is 11.9 Å². The van der Waals surface area contributed by atoms with Crippen molar-refractivity contribution in [2.75, 3.05) is 5.32 Å². The van der Waals surface area contributed by atoms with Crippen molar-refractivity contribution in [3.8, 4) is 0 Å². The van der Waals surface area contributed by atoms with Crippen LogP contribution >= 0.6 is 0 Å². The molecule has 0 bridgehead atoms. The van der Waals surface area contributed by atoms with Gasteiger partial charge in [0.25, 0.3) is 0 Å². The van der Waals surface area contributed by atoms with Gasteiger partial charge in [0, 0.05) is 5.69 Å². The number of amides is 1. The van der Waals surface area contributed by atoms with Gasteiger partial charge in [-0.2, -0.15) is 13.2 Å². The number of hydrogen-bond donors (Lipinski definition) is 1. The minimum atomic E-state index is -4.45. The van der Waals surface area contributed by atoms with Crippen LogP contribution in [0.1, 0.15) is 31.9 Å². The molecule has 0 fully saturated rings. The molecule has 0 aromatic heterocycles. The summed E-state index contributed by atoms with van der Waals surface area (Å²) in [5, 5.41) is 2.36. The lowest BCUT2D eigenvalue weighted by Gasteiger charge is -2.22. The SMILES string of the molecule is C=CC(=O)Nc1cc(C(C)(C)C)cc(C(F)(F)F)c1. The van der Waals surface area contributed by atoms with Gasteiger partial charge in [-0.15, -0.1) is 0 Å². The van der Waals surface area contributed by atoms with E-state index in [4.69, 9.17) is 0 Å². The lowest BCUT2D eigenvalue weighted by molar-refractivity contribution is -0.137. The van der Waals surface area contributed by atoms with Crippen molar-refractivity contribution in [1.82, 2.24) is 0 Å². The van der Waals surface area contributed by atoms with Crippen molar-refractivity contribution >= 4 is 11.6 Å². The number of anilines is 1. The average Bonchev–Trinajstić information content (AvgIpc) is 2.26. The molecule has 104 valence electrons. The van der Waals surface area contributed by atoms with Crippen LogP contribution in [0, 0.1) is 0 Å². The first kappa shape index (κ1) is 15.3. The highest BCUT2D eigenvalue weighted by Gasteiger charge is 2.32. The number of carbonyl (C=O) groups excluding carboxylic acids is 1. The van der Waals surface area contributed by atoms with Gasteiger partial charge >= 0.3 is 6.18 Å². The molecular weight excluding hydrogens is 255 g/mol. The third kappa shape index (κ3) is 4.12. The number of hydrogen-bond acceptors (Lipinski definition) is 1. The van der Waals surface area contributed by atoms with Gasteiger partial charge in [-0.3, -0.25) is 4.79 Å². The third-order valence-electron chi connectivity index (χ3n) is 2.58. The lowest BCUT2D eigenvalue weighted by Crippen LogP contribution is -2.16. The quantitative estimate of drug-likeness (QED) is 0.805. The van der Waals surface area contributed by atoms with Crippen molar-refractivity contribution in [1.29, 1.82) is 0 Å². The second-order valence-electron chi connectivity index (χ2n) is 5.24. The summed E-state index contributed by atoms with van der Waals surface area (Å²) in [4.78, 5) is 11.2. The maximum absolute atomic E-state index is 12.8. The molecule has 2 nitrogen and oxygen atoms in total. The highest BCUT2D eigenvalue weighted by atomic mass is 19.4. The molecule has 0 saturated heterocycles. The Hall–Kier alpha value is -1.78. The van der Waals surface area contributed by atoms with Crippen LogP contribution in [0.15, 0.2) is 30.9 Å². The predicted octanol–water partition coefficient (Wildman–Crippen LogP) is 4.13. The Kier molecular flexibility index (Phi) is 4.08. The minimum absolute atomic E-state index is 0.115. The molecule has 0 saturated carbocycles. The van der Waals surface area contributed by atoms with E-state index in [9.17, 15) is 18.0 Å². The first-order valence-corrected chi connectivity index (χ1v) is 5.70. The zero-order valence-corrected chi connectivity index (χ0v) is 11.1. The van der Waals surface area contributed by atoms with E-state index >= 15 is 0 Å². The van der Waals surface area contributed by atoms with Gasteiger partial charge in [-0.25, -0.2) is 0 Å². The smallest absolute Gasteiger partial charge is 0.323 e. The minimum Gasteiger partial charge on any atom is -0.323 e. The van der Waals surface area contributed by atoms with Gasteiger partial charge in [0.1, 0.15) is 0 Å². The number of halogens is 3. The highest BCUT2D eigenvalue weighted by molar-refractivity contribution is 5.99. The van der Waals surface area contributed by atoms with E-state index < -0.39 is 23.1 Å². The highest BCUT2D eigenvalue weighted by Crippen LogP contribution is 2.35. The molecule has 0 heterocycles. The number of alkyl halides is 3. The van der Waals surface area contributed by atoms with Crippen molar-refractivity contribution < 1.29 is 18.0 Å². The van der Waals surface area contributed by atoms with Crippen molar-refractivity contribution in [3.63, 3.8) is 0 Å². The van der Waals surface area contributed by atoms with Gasteiger partial charge in [0.15, 0.2) is 0 Å². The Morgan fingerprint density at radius 1 is 1.16 bits per heavy atom. The predicted molar refractivity (Wildman–Crippen MR) is 69.0 cm³/mol. The van der Waals surface area contributed by atoms with Gasteiger partial charge in [0.2, 0.25) is 5.91 Å². The first-order chi connectivity index (χ1) is 8.54. The summed E-state index contributed by atoms with van der Waals surface area (Å²) in [5.41, 5.74) is -0.611. The number of rotatable bonds is 2. The van der Waals surface area contributed by atoms with E-state index in [1.807, 2.05) is 20.8 Å². The van der Waals surface area contributed by atoms with E-state index in [1.54, 1.807) is 0 Å². The van der Waals surface area contributed by atoms with E-state index in [0.29, 0.717) is 5.56 Å². The Morgan fingerprint density at radius 3 is 2.11 bits per heavy atom. The lowest BCUT2D eigenvalue weighted by atomic mass is 9.85. The van der Waals surface area contributed by atoms with E-state index in [1.165, 1.54) is 6.07 Å². The summed E-state index contributed by atoms with van der Waals surface area (Å²) in [7, 11) is 0. The second kappa shape index (κ2) is 5.07. The van der Waals surface area contributed by atoms with Gasteiger partial charge in [0.05, 0.1) is 5.56 Å². The van der Waals surface area contributed by atoms with Crippen molar-refractivity contribution in [3.05, 3.63) is 42.0 Å². The molecule has 0 aliphatic rings. The van der Waals surface area contributed by atoms with Crippen LogP contribution in [0.4, 0.5) is 18.9 Å². The Bertz CT molecular complexity index is 466. The monoisotopic (exact) mass is 271 g/mol. The van der Waals surface area contributed by atoms with Gasteiger partial charge < -0.3 is 5.32 Å². The summed E-state index contributed by atoms with van der Waals surface area (Å²) in [6, 6.07) is 3.55. The number of carbonyl (C=O) groups is 1. The fourth-order valence-corrected chi connectivity index (χ4v) is 1.49. The van der Waals surface area contributed by atoms with E-state index in [-0.39, 0.29) is 5.69 Å². The molecule has 1 N–H and O–H groups in total. The Balaban J connectivity index is 3.32. The summed E-state index contributed by atoms with van der Waals surface area (Å²) >= 11 is 0. The zero-order valence-electron chi connectivity index (χ0n) is 11.1. The van der Waals surface area contributed by atoms with Gasteiger partial charge in [-0.05, 0) is 35.3 Å². The van der Waals surface area contributed by atoms with Crippen LogP contribution in [-0.2, 0) is 16.4 Å². The zero-order chi connectivity index (χ0) is 14.8. The molecule has 0 spiro atoms. The summed E-state index contributed by atoms with van der Waals surface area (Å²) in [6.45, 7) is 8.69. The molecule has 1 aromatic rings. The van der Waals surface area contributed by atoms with Crippen LogP contribution in [0.3, 0.4) is 0 Å². The second-order valence-corrected chi connectivity index (χ2v) is 5.24. The van der Waals surface area contributed by atoms with Gasteiger partial charge in [-0.1, -0.05) is 27.4 Å². The van der Waals surface area contributed by atoms with Crippen molar-refractivity contribution in [2.24, 2.45) is 0 Å². The molecule has 0 radical (unpaired) electrons. The topological polar surface area (TPSA) is 29.1 Å². The summed E-state index contributed by atoms with van der Waals surface area (Å²) in [5.74, 6) is -0.542. The van der Waals surface area contributed by atoms with Crippen LogP contribution in [-0.4, -0.2) is 5.91 Å².